The Balaban J connectivity index is 1.60. The minimum absolute atomic E-state index is 0.253. The summed E-state index contributed by atoms with van der Waals surface area (Å²) in [6, 6.07) is 24.6. The molecule has 162 valence electrons. The molecule has 1 amide bonds. The van der Waals surface area contributed by atoms with Crippen LogP contribution >= 0.6 is 11.6 Å². The molecule has 0 saturated carbocycles. The average molecular weight is 448 g/mol. The summed E-state index contributed by atoms with van der Waals surface area (Å²) in [6.45, 7) is 0.806. The van der Waals surface area contributed by atoms with Gasteiger partial charge in [-0.05, 0) is 29.3 Å². The molecule has 0 spiro atoms. The Morgan fingerprint density at radius 1 is 1.00 bits per heavy atom. The standard InChI is InChI=1S/C25H22ClN3O3/c1-31-23-13-12-20(26)14-22(23)27-24(30)21-16-29(15-18-8-4-2-5-9-18)28-25(21)32-17-19-10-6-3-7-11-19/h2-14,16H,15,17H2,1H3,(H,27,30). The number of halogens is 1. The van der Waals surface area contributed by atoms with Crippen LogP contribution in [0.15, 0.2) is 85.1 Å². The van der Waals surface area contributed by atoms with Crippen LogP contribution < -0.4 is 14.8 Å². The summed E-state index contributed by atoms with van der Waals surface area (Å²) in [5.74, 6) is 0.391. The number of anilines is 1. The van der Waals surface area contributed by atoms with Crippen LogP contribution in [0.4, 0.5) is 5.69 Å². The number of carbonyl (C=O) groups excluding carboxylic acids is 1. The van der Waals surface area contributed by atoms with E-state index in [-0.39, 0.29) is 11.8 Å². The van der Waals surface area contributed by atoms with Crippen LogP contribution in [0.25, 0.3) is 0 Å². The second kappa shape index (κ2) is 10.0. The number of ether oxygens (including phenoxy) is 2. The number of hydrogen-bond acceptors (Lipinski definition) is 4. The van der Waals surface area contributed by atoms with E-state index < -0.39 is 0 Å². The molecule has 0 saturated heterocycles. The Labute approximate surface area is 191 Å². The largest absolute Gasteiger partial charge is 0.495 e. The smallest absolute Gasteiger partial charge is 0.262 e. The molecular formula is C25H22ClN3O3. The van der Waals surface area contributed by atoms with Gasteiger partial charge in [-0.25, -0.2) is 0 Å². The van der Waals surface area contributed by atoms with Crippen LogP contribution in [0.5, 0.6) is 11.6 Å². The maximum absolute atomic E-state index is 13.1. The number of rotatable bonds is 8. The summed E-state index contributed by atoms with van der Waals surface area (Å²) in [7, 11) is 1.53. The fraction of sp³-hybridized carbons (Fsp3) is 0.120. The van der Waals surface area contributed by atoms with Gasteiger partial charge in [-0.2, -0.15) is 0 Å². The van der Waals surface area contributed by atoms with Crippen molar-refractivity contribution >= 4 is 23.2 Å². The molecule has 3 aromatic carbocycles. The van der Waals surface area contributed by atoms with Crippen LogP contribution in [0.2, 0.25) is 5.02 Å². The van der Waals surface area contributed by atoms with E-state index in [9.17, 15) is 4.79 Å². The van der Waals surface area contributed by atoms with Gasteiger partial charge in [0.15, 0.2) is 0 Å². The quantitative estimate of drug-likeness (QED) is 0.391. The third-order valence-electron chi connectivity index (χ3n) is 4.79. The molecule has 1 N–H and O–H groups in total. The van der Waals surface area contributed by atoms with Crippen LogP contribution in [-0.2, 0) is 13.2 Å². The minimum atomic E-state index is -0.368. The molecule has 0 radical (unpaired) electrons. The van der Waals surface area contributed by atoms with Crippen molar-refractivity contribution in [2.45, 2.75) is 13.2 Å². The monoisotopic (exact) mass is 447 g/mol. The highest BCUT2D eigenvalue weighted by Crippen LogP contribution is 2.29. The Morgan fingerprint density at radius 3 is 2.38 bits per heavy atom. The predicted octanol–water partition coefficient (Wildman–Crippen LogP) is 5.42. The molecule has 0 bridgehead atoms. The molecule has 4 rings (SSSR count). The van der Waals surface area contributed by atoms with Crippen LogP contribution in [0.3, 0.4) is 0 Å². The van der Waals surface area contributed by atoms with Gasteiger partial charge in [0.1, 0.15) is 17.9 Å². The molecule has 0 aliphatic rings. The third kappa shape index (κ3) is 5.28. The first-order chi connectivity index (χ1) is 15.6. The second-order valence-corrected chi connectivity index (χ2v) is 7.54. The van der Waals surface area contributed by atoms with Gasteiger partial charge in [-0.3, -0.25) is 9.48 Å². The van der Waals surface area contributed by atoms with Gasteiger partial charge in [0.05, 0.1) is 19.3 Å². The Morgan fingerprint density at radius 2 is 1.69 bits per heavy atom. The highest BCUT2D eigenvalue weighted by Gasteiger charge is 2.20. The van der Waals surface area contributed by atoms with Gasteiger partial charge < -0.3 is 14.8 Å². The molecule has 32 heavy (non-hydrogen) atoms. The maximum atomic E-state index is 13.1. The number of methoxy groups -OCH3 is 1. The van der Waals surface area contributed by atoms with Gasteiger partial charge in [0.25, 0.3) is 5.91 Å². The first-order valence-corrected chi connectivity index (χ1v) is 10.4. The number of hydrogen-bond donors (Lipinski definition) is 1. The molecule has 6 nitrogen and oxygen atoms in total. The Hall–Kier alpha value is -3.77. The van der Waals surface area contributed by atoms with Crippen molar-refractivity contribution in [1.29, 1.82) is 0 Å². The lowest BCUT2D eigenvalue weighted by molar-refractivity contribution is 0.102. The minimum Gasteiger partial charge on any atom is -0.495 e. The second-order valence-electron chi connectivity index (χ2n) is 7.10. The zero-order valence-corrected chi connectivity index (χ0v) is 18.3. The zero-order chi connectivity index (χ0) is 22.3. The average Bonchev–Trinajstić information content (AvgIpc) is 3.22. The van der Waals surface area contributed by atoms with Crippen LogP contribution in [0, 0.1) is 0 Å². The van der Waals surface area contributed by atoms with E-state index in [0.717, 1.165) is 11.1 Å². The Kier molecular flexibility index (Phi) is 6.72. The summed E-state index contributed by atoms with van der Waals surface area (Å²) < 4.78 is 13.0. The van der Waals surface area contributed by atoms with Gasteiger partial charge in [0.2, 0.25) is 5.88 Å². The summed E-state index contributed by atoms with van der Waals surface area (Å²) in [6.07, 6.45) is 1.68. The maximum Gasteiger partial charge on any atom is 0.262 e. The van der Waals surface area contributed by atoms with E-state index in [1.165, 1.54) is 7.11 Å². The topological polar surface area (TPSA) is 65.4 Å². The van der Waals surface area contributed by atoms with E-state index in [4.69, 9.17) is 21.1 Å². The van der Waals surface area contributed by atoms with E-state index in [1.807, 2.05) is 60.7 Å². The number of aromatic nitrogens is 2. The van der Waals surface area contributed by atoms with Crippen LogP contribution in [0.1, 0.15) is 21.5 Å². The van der Waals surface area contributed by atoms with Gasteiger partial charge in [-0.15, -0.1) is 5.10 Å². The van der Waals surface area contributed by atoms with Gasteiger partial charge in [-0.1, -0.05) is 72.3 Å². The van der Waals surface area contributed by atoms with E-state index in [1.54, 1.807) is 29.1 Å². The number of nitrogens with one attached hydrogen (secondary N) is 1. The third-order valence-corrected chi connectivity index (χ3v) is 5.02. The van der Waals surface area contributed by atoms with Crippen molar-refractivity contribution in [3.63, 3.8) is 0 Å². The first-order valence-electron chi connectivity index (χ1n) is 10.1. The molecule has 0 fully saturated rings. The number of amides is 1. The molecule has 4 aromatic rings. The predicted molar refractivity (Wildman–Crippen MR) is 125 cm³/mol. The first kappa shape index (κ1) is 21.5. The van der Waals surface area contributed by atoms with E-state index >= 15 is 0 Å². The van der Waals surface area contributed by atoms with E-state index in [0.29, 0.717) is 35.2 Å². The lowest BCUT2D eigenvalue weighted by Crippen LogP contribution is -2.13. The molecule has 0 aliphatic carbocycles. The molecular weight excluding hydrogens is 426 g/mol. The molecule has 7 heteroatoms. The highest BCUT2D eigenvalue weighted by atomic mass is 35.5. The number of benzene rings is 3. The lowest BCUT2D eigenvalue weighted by Gasteiger charge is -2.10. The molecule has 1 aromatic heterocycles. The fourth-order valence-corrected chi connectivity index (χ4v) is 3.38. The SMILES string of the molecule is COc1ccc(Cl)cc1NC(=O)c1cn(Cc2ccccc2)nc1OCc1ccccc1. The van der Waals surface area contributed by atoms with Gasteiger partial charge >= 0.3 is 0 Å². The van der Waals surface area contributed by atoms with Crippen molar-refractivity contribution in [3.05, 3.63) is 107 Å². The normalized spacial score (nSPS) is 10.6. The molecule has 0 unspecified atom stereocenters. The van der Waals surface area contributed by atoms with E-state index in [2.05, 4.69) is 10.4 Å². The summed E-state index contributed by atoms with van der Waals surface area (Å²) in [5, 5.41) is 7.86. The molecule has 0 aliphatic heterocycles. The molecule has 1 heterocycles. The van der Waals surface area contributed by atoms with Crippen molar-refractivity contribution < 1.29 is 14.3 Å². The fourth-order valence-electron chi connectivity index (χ4n) is 3.21. The Bertz CT molecular complexity index is 1190. The van der Waals surface area contributed by atoms with Crippen molar-refractivity contribution in [2.24, 2.45) is 0 Å². The number of carbonyl (C=O) groups is 1. The molecule has 0 atom stereocenters. The summed E-state index contributed by atoms with van der Waals surface area (Å²) >= 11 is 6.10. The van der Waals surface area contributed by atoms with Gasteiger partial charge in [0, 0.05) is 11.2 Å². The summed E-state index contributed by atoms with van der Waals surface area (Å²) in [5.41, 5.74) is 2.83. The van der Waals surface area contributed by atoms with Crippen molar-refractivity contribution in [3.8, 4) is 11.6 Å². The zero-order valence-electron chi connectivity index (χ0n) is 17.5. The number of nitrogens with zero attached hydrogens (tertiary/aromatic N) is 2. The highest BCUT2D eigenvalue weighted by molar-refractivity contribution is 6.31. The lowest BCUT2D eigenvalue weighted by atomic mass is 10.2. The van der Waals surface area contributed by atoms with Crippen LogP contribution in [-0.4, -0.2) is 22.8 Å². The van der Waals surface area contributed by atoms with Crippen molar-refractivity contribution in [1.82, 2.24) is 9.78 Å². The van der Waals surface area contributed by atoms with Crippen molar-refractivity contribution in [2.75, 3.05) is 12.4 Å². The summed E-state index contributed by atoms with van der Waals surface area (Å²) in [4.78, 5) is 13.1.